The zero-order valence-corrected chi connectivity index (χ0v) is 16.5. The molecular formula is C23H17FN6O. The van der Waals surface area contributed by atoms with Crippen molar-refractivity contribution in [2.75, 3.05) is 0 Å². The second-order valence-corrected chi connectivity index (χ2v) is 7.06. The number of aromatic amines is 2. The van der Waals surface area contributed by atoms with E-state index in [1.807, 2.05) is 36.4 Å². The van der Waals surface area contributed by atoms with Gasteiger partial charge < -0.3 is 4.98 Å². The summed E-state index contributed by atoms with van der Waals surface area (Å²) in [6.45, 7) is 1.72. The predicted octanol–water partition coefficient (Wildman–Crippen LogP) is 5.57. The zero-order valence-electron chi connectivity index (χ0n) is 16.5. The van der Waals surface area contributed by atoms with Gasteiger partial charge in [-0.25, -0.2) is 14.1 Å². The molecule has 0 aliphatic heterocycles. The summed E-state index contributed by atoms with van der Waals surface area (Å²) < 4.78 is 14.7. The number of H-pyrrole nitrogens is 2. The lowest BCUT2D eigenvalue weighted by atomic mass is 10.2. The Morgan fingerprint density at radius 1 is 0.968 bits per heavy atom. The molecule has 2 N–H and O–H groups in total. The van der Waals surface area contributed by atoms with Crippen LogP contribution in [0.4, 0.5) is 15.8 Å². The van der Waals surface area contributed by atoms with E-state index in [9.17, 15) is 9.18 Å². The van der Waals surface area contributed by atoms with Gasteiger partial charge >= 0.3 is 0 Å². The molecule has 0 bridgehead atoms. The van der Waals surface area contributed by atoms with Crippen LogP contribution in [0.5, 0.6) is 0 Å². The number of para-hydroxylation sites is 2. The van der Waals surface area contributed by atoms with Crippen LogP contribution in [0.1, 0.15) is 5.69 Å². The number of nitrogens with zero attached hydrogens (tertiary/aromatic N) is 4. The van der Waals surface area contributed by atoms with Gasteiger partial charge in [0.1, 0.15) is 11.6 Å². The molecule has 0 aliphatic rings. The molecule has 8 heteroatoms. The number of benzene rings is 3. The normalized spacial score (nSPS) is 11.5. The third kappa shape index (κ3) is 3.55. The molecule has 0 saturated heterocycles. The monoisotopic (exact) mass is 412 g/mol. The maximum atomic E-state index is 13.5. The number of azo groups is 1. The molecule has 0 aliphatic carbocycles. The number of aromatic nitrogens is 4. The Hall–Kier alpha value is -4.33. The summed E-state index contributed by atoms with van der Waals surface area (Å²) >= 11 is 0. The van der Waals surface area contributed by atoms with E-state index in [1.54, 1.807) is 25.1 Å². The first-order chi connectivity index (χ1) is 15.1. The van der Waals surface area contributed by atoms with Gasteiger partial charge in [-0.15, -0.1) is 5.11 Å². The largest absolute Gasteiger partial charge is 0.338 e. The highest BCUT2D eigenvalue weighted by atomic mass is 19.1. The lowest BCUT2D eigenvalue weighted by Crippen LogP contribution is -2.14. The highest BCUT2D eigenvalue weighted by Crippen LogP contribution is 2.24. The Bertz CT molecular complexity index is 1440. The molecule has 31 heavy (non-hydrogen) atoms. The molecule has 0 unspecified atom stereocenters. The quantitative estimate of drug-likeness (QED) is 0.378. The van der Waals surface area contributed by atoms with Crippen molar-refractivity contribution in [2.24, 2.45) is 10.2 Å². The van der Waals surface area contributed by atoms with E-state index in [0.717, 1.165) is 22.4 Å². The van der Waals surface area contributed by atoms with Crippen molar-refractivity contribution in [1.82, 2.24) is 19.7 Å². The molecule has 0 fully saturated rings. The number of hydrogen-bond acceptors (Lipinski definition) is 4. The topological polar surface area (TPSA) is 91.2 Å². The van der Waals surface area contributed by atoms with Crippen LogP contribution in [-0.2, 0) is 0 Å². The first-order valence-electron chi connectivity index (χ1n) is 9.63. The smallest absolute Gasteiger partial charge is 0.299 e. The molecule has 7 nitrogen and oxygen atoms in total. The van der Waals surface area contributed by atoms with Gasteiger partial charge in [0.2, 0.25) is 0 Å². The van der Waals surface area contributed by atoms with Crippen molar-refractivity contribution >= 4 is 22.4 Å². The standard InChI is InChI=1S/C23H17FN6O/c1-14-21(23(31)30(29-14)18-6-4-5-16(24)13-18)28-27-17-11-9-15(10-12-17)22-25-19-7-2-3-8-20(19)26-22/h2-13,29H,1H3,(H,25,26). The first-order valence-corrected chi connectivity index (χ1v) is 9.63. The number of imidazole rings is 1. The van der Waals surface area contributed by atoms with Crippen LogP contribution in [0.3, 0.4) is 0 Å². The minimum atomic E-state index is -0.427. The van der Waals surface area contributed by atoms with E-state index in [-0.39, 0.29) is 5.69 Å². The molecule has 0 saturated carbocycles. The minimum absolute atomic E-state index is 0.172. The molecule has 0 spiro atoms. The summed E-state index contributed by atoms with van der Waals surface area (Å²) in [5.74, 6) is 0.341. The third-order valence-corrected chi connectivity index (χ3v) is 4.90. The Morgan fingerprint density at radius 2 is 1.77 bits per heavy atom. The number of rotatable bonds is 4. The number of halogens is 1. The lowest BCUT2D eigenvalue weighted by molar-refractivity contribution is 0.625. The van der Waals surface area contributed by atoms with Crippen molar-refractivity contribution in [3.63, 3.8) is 0 Å². The maximum absolute atomic E-state index is 13.5. The highest BCUT2D eigenvalue weighted by Gasteiger charge is 2.12. The van der Waals surface area contributed by atoms with E-state index < -0.39 is 11.4 Å². The summed E-state index contributed by atoms with van der Waals surface area (Å²) in [6, 6.07) is 21.0. The fraction of sp³-hybridized carbons (Fsp3) is 0.0435. The van der Waals surface area contributed by atoms with Gasteiger partial charge in [0, 0.05) is 5.56 Å². The Labute approximate surface area is 175 Å². The van der Waals surface area contributed by atoms with Crippen molar-refractivity contribution in [3.8, 4) is 17.1 Å². The fourth-order valence-electron chi connectivity index (χ4n) is 3.34. The van der Waals surface area contributed by atoms with Crippen LogP contribution < -0.4 is 5.56 Å². The number of nitrogens with one attached hydrogen (secondary N) is 2. The number of aryl methyl sites for hydroxylation is 1. The molecule has 3 aromatic carbocycles. The van der Waals surface area contributed by atoms with Gasteiger partial charge in [-0.2, -0.15) is 5.11 Å². The molecule has 0 atom stereocenters. The first kappa shape index (κ1) is 18.7. The summed E-state index contributed by atoms with van der Waals surface area (Å²) in [4.78, 5) is 20.6. The summed E-state index contributed by atoms with van der Waals surface area (Å²) in [5, 5.41) is 11.2. The van der Waals surface area contributed by atoms with Crippen LogP contribution in [-0.4, -0.2) is 19.7 Å². The Balaban J connectivity index is 1.41. The second kappa shape index (κ2) is 7.49. The van der Waals surface area contributed by atoms with Gasteiger partial charge in [0.05, 0.1) is 28.1 Å². The van der Waals surface area contributed by atoms with E-state index in [1.165, 1.54) is 22.9 Å². The SMILES string of the molecule is Cc1[nH]n(-c2cccc(F)c2)c(=O)c1N=Nc1ccc(-c2nc3ccccc3[nH]2)cc1. The molecular weight excluding hydrogens is 395 g/mol. The molecule has 5 rings (SSSR count). The molecule has 2 heterocycles. The van der Waals surface area contributed by atoms with Crippen molar-refractivity contribution in [1.29, 1.82) is 0 Å². The molecule has 0 amide bonds. The average Bonchev–Trinajstić information content (AvgIpc) is 3.33. The van der Waals surface area contributed by atoms with Crippen molar-refractivity contribution in [3.05, 3.63) is 94.7 Å². The zero-order chi connectivity index (χ0) is 21.4. The van der Waals surface area contributed by atoms with Crippen LogP contribution in [0, 0.1) is 12.7 Å². The molecule has 2 aromatic heterocycles. The van der Waals surface area contributed by atoms with Crippen LogP contribution in [0.15, 0.2) is 87.8 Å². The molecule has 152 valence electrons. The number of hydrogen-bond donors (Lipinski definition) is 2. The predicted molar refractivity (Wildman–Crippen MR) is 117 cm³/mol. The van der Waals surface area contributed by atoms with Crippen LogP contribution in [0.25, 0.3) is 28.1 Å². The summed E-state index contributed by atoms with van der Waals surface area (Å²) in [6.07, 6.45) is 0. The minimum Gasteiger partial charge on any atom is -0.338 e. The van der Waals surface area contributed by atoms with Gasteiger partial charge in [-0.1, -0.05) is 18.2 Å². The van der Waals surface area contributed by atoms with Crippen LogP contribution in [0.2, 0.25) is 0 Å². The highest BCUT2D eigenvalue weighted by molar-refractivity contribution is 5.79. The van der Waals surface area contributed by atoms with Gasteiger partial charge in [0.15, 0.2) is 5.69 Å². The summed E-state index contributed by atoms with van der Waals surface area (Å²) in [7, 11) is 0. The Kier molecular flexibility index (Phi) is 4.51. The maximum Gasteiger partial charge on any atom is 0.299 e. The van der Waals surface area contributed by atoms with E-state index in [2.05, 4.69) is 25.3 Å². The molecule has 5 aromatic rings. The van der Waals surface area contributed by atoms with Gasteiger partial charge in [-0.05, 0) is 61.5 Å². The fourth-order valence-corrected chi connectivity index (χ4v) is 3.34. The van der Waals surface area contributed by atoms with E-state index in [0.29, 0.717) is 17.1 Å². The van der Waals surface area contributed by atoms with E-state index >= 15 is 0 Å². The van der Waals surface area contributed by atoms with Crippen LogP contribution >= 0.6 is 0 Å². The molecule has 0 radical (unpaired) electrons. The van der Waals surface area contributed by atoms with Crippen molar-refractivity contribution in [2.45, 2.75) is 6.92 Å². The van der Waals surface area contributed by atoms with Gasteiger partial charge in [-0.3, -0.25) is 9.89 Å². The average molecular weight is 412 g/mol. The lowest BCUT2D eigenvalue weighted by Gasteiger charge is -2.00. The van der Waals surface area contributed by atoms with Gasteiger partial charge in [0.25, 0.3) is 5.56 Å². The number of fused-ring (bicyclic) bond motifs is 1. The van der Waals surface area contributed by atoms with E-state index in [4.69, 9.17) is 0 Å². The van der Waals surface area contributed by atoms with Crippen molar-refractivity contribution < 1.29 is 4.39 Å². The Morgan fingerprint density at radius 3 is 2.55 bits per heavy atom. The third-order valence-electron chi connectivity index (χ3n) is 4.90. The second-order valence-electron chi connectivity index (χ2n) is 7.06. The summed E-state index contributed by atoms with van der Waals surface area (Å²) in [5.41, 5.74) is 4.09.